The first kappa shape index (κ1) is 14.7. The third-order valence-corrected chi connectivity index (χ3v) is 4.87. The molecule has 0 aliphatic heterocycles. The normalized spacial score (nSPS) is 12.8. The van der Waals surface area contributed by atoms with Crippen LogP contribution in [0.5, 0.6) is 0 Å². The van der Waals surface area contributed by atoms with Crippen molar-refractivity contribution >= 4 is 27.3 Å². The van der Waals surface area contributed by atoms with Crippen molar-refractivity contribution in [3.63, 3.8) is 0 Å². The molecule has 102 valence electrons. The lowest BCUT2D eigenvalue weighted by atomic mass is 10.2. The summed E-state index contributed by atoms with van der Waals surface area (Å²) in [6.45, 7) is 4.56. The summed E-state index contributed by atoms with van der Waals surface area (Å²) in [5, 5.41) is 2.10. The molecule has 2 aromatic rings. The lowest BCUT2D eigenvalue weighted by Crippen LogP contribution is -2.33. The SMILES string of the molecule is CCN(Cc1ccccn1)C(CN)c1cc(Br)cs1. The summed E-state index contributed by atoms with van der Waals surface area (Å²) in [5.41, 5.74) is 7.06. The molecule has 1 atom stereocenters. The Kier molecular flexibility index (Phi) is 5.51. The van der Waals surface area contributed by atoms with Crippen LogP contribution in [-0.2, 0) is 6.54 Å². The molecule has 3 nitrogen and oxygen atoms in total. The Bertz CT molecular complexity index is 500. The zero-order valence-corrected chi connectivity index (χ0v) is 13.3. The lowest BCUT2D eigenvalue weighted by Gasteiger charge is -2.28. The van der Waals surface area contributed by atoms with E-state index in [2.05, 4.69) is 50.3 Å². The monoisotopic (exact) mass is 339 g/mol. The van der Waals surface area contributed by atoms with Crippen molar-refractivity contribution in [2.75, 3.05) is 13.1 Å². The molecular weight excluding hydrogens is 322 g/mol. The molecule has 2 heterocycles. The topological polar surface area (TPSA) is 42.2 Å². The summed E-state index contributed by atoms with van der Waals surface area (Å²) in [7, 11) is 0. The largest absolute Gasteiger partial charge is 0.329 e. The molecule has 2 aromatic heterocycles. The highest BCUT2D eigenvalue weighted by Crippen LogP contribution is 2.29. The van der Waals surface area contributed by atoms with E-state index in [1.54, 1.807) is 11.3 Å². The molecule has 0 radical (unpaired) electrons. The van der Waals surface area contributed by atoms with Crippen LogP contribution in [-0.4, -0.2) is 23.0 Å². The lowest BCUT2D eigenvalue weighted by molar-refractivity contribution is 0.204. The number of likely N-dealkylation sites (N-methyl/N-ethyl adjacent to an activating group) is 1. The number of hydrogen-bond acceptors (Lipinski definition) is 4. The molecule has 0 aliphatic carbocycles. The van der Waals surface area contributed by atoms with Crippen LogP contribution in [0.25, 0.3) is 0 Å². The molecule has 0 saturated heterocycles. The fourth-order valence-electron chi connectivity index (χ4n) is 2.09. The van der Waals surface area contributed by atoms with Crippen LogP contribution in [0.3, 0.4) is 0 Å². The number of hydrogen-bond donors (Lipinski definition) is 1. The van der Waals surface area contributed by atoms with Gasteiger partial charge in [-0.1, -0.05) is 13.0 Å². The van der Waals surface area contributed by atoms with E-state index in [0.717, 1.165) is 23.3 Å². The van der Waals surface area contributed by atoms with Gasteiger partial charge < -0.3 is 5.73 Å². The summed E-state index contributed by atoms with van der Waals surface area (Å²) in [5.74, 6) is 0. The zero-order valence-electron chi connectivity index (χ0n) is 10.9. The third kappa shape index (κ3) is 3.86. The molecule has 0 amide bonds. The van der Waals surface area contributed by atoms with Crippen LogP contribution in [0.2, 0.25) is 0 Å². The Morgan fingerprint density at radius 1 is 1.47 bits per heavy atom. The van der Waals surface area contributed by atoms with Gasteiger partial charge in [0, 0.05) is 34.0 Å². The molecule has 0 bridgehead atoms. The Morgan fingerprint density at radius 2 is 2.32 bits per heavy atom. The van der Waals surface area contributed by atoms with Crippen molar-refractivity contribution in [1.29, 1.82) is 0 Å². The molecule has 0 spiro atoms. The summed E-state index contributed by atoms with van der Waals surface area (Å²) in [6, 6.07) is 8.43. The highest BCUT2D eigenvalue weighted by Gasteiger charge is 2.19. The third-order valence-electron chi connectivity index (χ3n) is 3.08. The van der Waals surface area contributed by atoms with E-state index < -0.39 is 0 Å². The number of nitrogens with zero attached hydrogens (tertiary/aromatic N) is 2. The van der Waals surface area contributed by atoms with E-state index in [0.29, 0.717) is 6.54 Å². The van der Waals surface area contributed by atoms with Gasteiger partial charge in [-0.25, -0.2) is 0 Å². The number of rotatable bonds is 6. The molecule has 0 fully saturated rings. The first-order valence-electron chi connectivity index (χ1n) is 6.32. The maximum Gasteiger partial charge on any atom is 0.0568 e. The fraction of sp³-hybridized carbons (Fsp3) is 0.357. The second kappa shape index (κ2) is 7.14. The number of aromatic nitrogens is 1. The summed E-state index contributed by atoms with van der Waals surface area (Å²) < 4.78 is 1.12. The van der Waals surface area contributed by atoms with Gasteiger partial charge in [-0.15, -0.1) is 11.3 Å². The van der Waals surface area contributed by atoms with E-state index in [-0.39, 0.29) is 6.04 Å². The summed E-state index contributed by atoms with van der Waals surface area (Å²) in [6.07, 6.45) is 1.84. The van der Waals surface area contributed by atoms with Crippen molar-refractivity contribution in [3.05, 3.63) is 50.9 Å². The van der Waals surface area contributed by atoms with Gasteiger partial charge in [0.1, 0.15) is 0 Å². The molecule has 0 saturated carbocycles. The van der Waals surface area contributed by atoms with Crippen molar-refractivity contribution in [1.82, 2.24) is 9.88 Å². The van der Waals surface area contributed by atoms with E-state index in [1.165, 1.54) is 4.88 Å². The van der Waals surface area contributed by atoms with Crippen LogP contribution in [0.4, 0.5) is 0 Å². The van der Waals surface area contributed by atoms with Gasteiger partial charge in [0.25, 0.3) is 0 Å². The Hall–Kier alpha value is -0.750. The quantitative estimate of drug-likeness (QED) is 0.876. The van der Waals surface area contributed by atoms with E-state index in [4.69, 9.17) is 5.73 Å². The highest BCUT2D eigenvalue weighted by molar-refractivity contribution is 9.10. The highest BCUT2D eigenvalue weighted by atomic mass is 79.9. The second-order valence-corrected chi connectivity index (χ2v) is 6.16. The van der Waals surface area contributed by atoms with Gasteiger partial charge in [-0.2, -0.15) is 0 Å². The average Bonchev–Trinajstić information content (AvgIpc) is 2.86. The molecule has 0 aliphatic rings. The van der Waals surface area contributed by atoms with Gasteiger partial charge in [0.2, 0.25) is 0 Å². The minimum absolute atomic E-state index is 0.253. The Morgan fingerprint density at radius 3 is 2.84 bits per heavy atom. The van der Waals surface area contributed by atoms with Gasteiger partial charge in [-0.05, 0) is 40.7 Å². The van der Waals surface area contributed by atoms with E-state index >= 15 is 0 Å². The van der Waals surface area contributed by atoms with Crippen LogP contribution >= 0.6 is 27.3 Å². The van der Waals surface area contributed by atoms with Crippen molar-refractivity contribution < 1.29 is 0 Å². The minimum atomic E-state index is 0.253. The van der Waals surface area contributed by atoms with Gasteiger partial charge in [0.05, 0.1) is 11.7 Å². The molecule has 0 aromatic carbocycles. The standard InChI is InChI=1S/C14H18BrN3S/c1-2-18(9-12-5-3-4-6-17-12)13(8-16)14-7-11(15)10-19-14/h3-7,10,13H,2,8-9,16H2,1H3. The number of pyridine rings is 1. The average molecular weight is 340 g/mol. The zero-order chi connectivity index (χ0) is 13.7. The second-order valence-electron chi connectivity index (χ2n) is 4.30. The Labute approximate surface area is 126 Å². The minimum Gasteiger partial charge on any atom is -0.329 e. The maximum atomic E-state index is 5.97. The van der Waals surface area contributed by atoms with Crippen molar-refractivity contribution in [2.45, 2.75) is 19.5 Å². The predicted octanol–water partition coefficient (Wildman–Crippen LogP) is 3.43. The number of halogens is 1. The first-order chi connectivity index (χ1) is 9.24. The predicted molar refractivity (Wildman–Crippen MR) is 84.1 cm³/mol. The van der Waals surface area contributed by atoms with Crippen LogP contribution in [0.1, 0.15) is 23.5 Å². The molecule has 1 unspecified atom stereocenters. The molecule has 5 heteroatoms. The smallest absolute Gasteiger partial charge is 0.0568 e. The van der Waals surface area contributed by atoms with Gasteiger partial charge >= 0.3 is 0 Å². The van der Waals surface area contributed by atoms with E-state index in [9.17, 15) is 0 Å². The number of nitrogens with two attached hydrogens (primary N) is 1. The fourth-order valence-corrected chi connectivity index (χ4v) is 3.68. The van der Waals surface area contributed by atoms with Crippen LogP contribution in [0.15, 0.2) is 40.3 Å². The first-order valence-corrected chi connectivity index (χ1v) is 7.99. The van der Waals surface area contributed by atoms with Gasteiger partial charge in [0.15, 0.2) is 0 Å². The maximum absolute atomic E-state index is 5.97. The molecule has 2 rings (SSSR count). The molecular formula is C14H18BrN3S. The summed E-state index contributed by atoms with van der Waals surface area (Å²) >= 11 is 5.25. The van der Waals surface area contributed by atoms with Crippen LogP contribution < -0.4 is 5.73 Å². The molecule has 2 N–H and O–H groups in total. The Balaban J connectivity index is 2.15. The molecule has 19 heavy (non-hydrogen) atoms. The number of thiophene rings is 1. The van der Waals surface area contributed by atoms with Gasteiger partial charge in [-0.3, -0.25) is 9.88 Å². The van der Waals surface area contributed by atoms with Crippen molar-refractivity contribution in [2.24, 2.45) is 5.73 Å². The van der Waals surface area contributed by atoms with E-state index in [1.807, 2.05) is 18.3 Å². The van der Waals surface area contributed by atoms with Crippen LogP contribution in [0, 0.1) is 0 Å². The summed E-state index contributed by atoms with van der Waals surface area (Å²) in [4.78, 5) is 8.05. The van der Waals surface area contributed by atoms with Crippen molar-refractivity contribution in [3.8, 4) is 0 Å².